The topological polar surface area (TPSA) is 71.0 Å². The number of carbonyl (C=O) groups is 1. The number of nitrogens with zero attached hydrogens (tertiary/aromatic N) is 1. The van der Waals surface area contributed by atoms with Crippen LogP contribution in [0.25, 0.3) is 0 Å². The number of nitrogens with one attached hydrogen (secondary N) is 1. The molecule has 0 heterocycles. The lowest BCUT2D eigenvalue weighted by Crippen LogP contribution is -2.39. The van der Waals surface area contributed by atoms with Crippen molar-refractivity contribution in [2.24, 2.45) is 0 Å². The molecule has 0 radical (unpaired) electrons. The van der Waals surface area contributed by atoms with E-state index >= 15 is 0 Å². The first-order chi connectivity index (χ1) is 10.0. The summed E-state index contributed by atoms with van der Waals surface area (Å²) < 4.78 is 9.98. The van der Waals surface area contributed by atoms with Crippen LogP contribution in [0.3, 0.4) is 0 Å². The number of benzene rings is 1. The van der Waals surface area contributed by atoms with E-state index in [9.17, 15) is 9.90 Å². The van der Waals surface area contributed by atoms with Crippen molar-refractivity contribution in [3.05, 3.63) is 29.8 Å². The van der Waals surface area contributed by atoms with Crippen LogP contribution in [-0.4, -0.2) is 63.0 Å². The first-order valence-electron chi connectivity index (χ1n) is 6.80. The molecule has 6 nitrogen and oxygen atoms in total. The summed E-state index contributed by atoms with van der Waals surface area (Å²) in [5, 5.41) is 12.4. The molecule has 1 aromatic rings. The maximum Gasteiger partial charge on any atom is 0.234 e. The molecule has 1 aromatic carbocycles. The highest BCUT2D eigenvalue weighted by atomic mass is 16.5. The van der Waals surface area contributed by atoms with E-state index in [1.54, 1.807) is 19.1 Å². The standard InChI is InChI=1S/C15H24N2O4/c1-17(9-13(18)11-20-2)10-15(19)16-8-12-5-4-6-14(7-12)21-3/h4-7,13,18H,8-11H2,1-3H3,(H,16,19). The number of hydrogen-bond acceptors (Lipinski definition) is 5. The van der Waals surface area contributed by atoms with Gasteiger partial charge in [-0.15, -0.1) is 0 Å². The number of likely N-dealkylation sites (N-methyl/N-ethyl adjacent to an activating group) is 1. The summed E-state index contributed by atoms with van der Waals surface area (Å²) in [6, 6.07) is 7.55. The number of amides is 1. The lowest BCUT2D eigenvalue weighted by atomic mass is 10.2. The van der Waals surface area contributed by atoms with Crippen molar-refractivity contribution < 1.29 is 19.4 Å². The Hall–Kier alpha value is -1.63. The van der Waals surface area contributed by atoms with Crippen LogP contribution in [0.4, 0.5) is 0 Å². The van der Waals surface area contributed by atoms with E-state index in [-0.39, 0.29) is 19.1 Å². The van der Waals surface area contributed by atoms with Gasteiger partial charge in [0.05, 0.1) is 26.4 Å². The molecule has 1 atom stereocenters. The molecule has 1 amide bonds. The highest BCUT2D eigenvalue weighted by molar-refractivity contribution is 5.77. The Labute approximate surface area is 125 Å². The number of carbonyl (C=O) groups excluding carboxylic acids is 1. The highest BCUT2D eigenvalue weighted by Gasteiger charge is 2.11. The van der Waals surface area contributed by atoms with Gasteiger partial charge in [-0.2, -0.15) is 0 Å². The van der Waals surface area contributed by atoms with Gasteiger partial charge in [0, 0.05) is 20.2 Å². The first kappa shape index (κ1) is 17.4. The lowest BCUT2D eigenvalue weighted by molar-refractivity contribution is -0.122. The lowest BCUT2D eigenvalue weighted by Gasteiger charge is -2.19. The minimum Gasteiger partial charge on any atom is -0.497 e. The zero-order valence-electron chi connectivity index (χ0n) is 12.8. The Morgan fingerprint density at radius 3 is 2.86 bits per heavy atom. The third kappa shape index (κ3) is 7.08. The number of methoxy groups -OCH3 is 2. The molecule has 6 heteroatoms. The van der Waals surface area contributed by atoms with Gasteiger partial charge in [0.1, 0.15) is 5.75 Å². The quantitative estimate of drug-likeness (QED) is 0.683. The van der Waals surface area contributed by atoms with Crippen LogP contribution in [-0.2, 0) is 16.1 Å². The fourth-order valence-electron chi connectivity index (χ4n) is 1.95. The van der Waals surface area contributed by atoms with Gasteiger partial charge in [-0.05, 0) is 24.7 Å². The molecule has 1 unspecified atom stereocenters. The van der Waals surface area contributed by atoms with Crippen LogP contribution < -0.4 is 10.1 Å². The number of aliphatic hydroxyl groups excluding tert-OH is 1. The van der Waals surface area contributed by atoms with Gasteiger partial charge in [-0.3, -0.25) is 9.69 Å². The van der Waals surface area contributed by atoms with Crippen molar-refractivity contribution in [1.82, 2.24) is 10.2 Å². The van der Waals surface area contributed by atoms with Gasteiger partial charge in [-0.1, -0.05) is 12.1 Å². The van der Waals surface area contributed by atoms with E-state index < -0.39 is 6.10 Å². The highest BCUT2D eigenvalue weighted by Crippen LogP contribution is 2.11. The first-order valence-corrected chi connectivity index (χ1v) is 6.80. The molecular weight excluding hydrogens is 272 g/mol. The van der Waals surface area contributed by atoms with E-state index in [4.69, 9.17) is 9.47 Å². The largest absolute Gasteiger partial charge is 0.497 e. The van der Waals surface area contributed by atoms with Crippen molar-refractivity contribution in [3.8, 4) is 5.75 Å². The number of ether oxygens (including phenoxy) is 2. The number of rotatable bonds is 9. The molecule has 0 fully saturated rings. The molecule has 0 spiro atoms. The van der Waals surface area contributed by atoms with Crippen LogP contribution in [0.15, 0.2) is 24.3 Å². The Morgan fingerprint density at radius 2 is 2.19 bits per heavy atom. The Morgan fingerprint density at radius 1 is 1.43 bits per heavy atom. The van der Waals surface area contributed by atoms with Crippen molar-refractivity contribution in [2.75, 3.05) is 41.0 Å². The van der Waals surface area contributed by atoms with Crippen LogP contribution in [0.5, 0.6) is 5.75 Å². The number of aliphatic hydroxyl groups is 1. The summed E-state index contributed by atoms with van der Waals surface area (Å²) in [5.41, 5.74) is 0.977. The summed E-state index contributed by atoms with van der Waals surface area (Å²) in [7, 11) is 4.92. The molecule has 2 N–H and O–H groups in total. The number of hydrogen-bond donors (Lipinski definition) is 2. The van der Waals surface area contributed by atoms with E-state index in [0.29, 0.717) is 13.1 Å². The van der Waals surface area contributed by atoms with Gasteiger partial charge >= 0.3 is 0 Å². The van der Waals surface area contributed by atoms with E-state index in [0.717, 1.165) is 11.3 Å². The van der Waals surface area contributed by atoms with E-state index in [1.807, 2.05) is 24.3 Å². The third-order valence-corrected chi connectivity index (χ3v) is 2.92. The molecule has 0 aliphatic rings. The molecule has 0 saturated heterocycles. The smallest absolute Gasteiger partial charge is 0.234 e. The minimum atomic E-state index is -0.591. The maximum atomic E-state index is 11.8. The zero-order valence-corrected chi connectivity index (χ0v) is 12.8. The zero-order chi connectivity index (χ0) is 15.7. The van der Waals surface area contributed by atoms with Crippen molar-refractivity contribution in [1.29, 1.82) is 0 Å². The normalized spacial score (nSPS) is 12.2. The SMILES string of the molecule is COCC(O)CN(C)CC(=O)NCc1cccc(OC)c1. The molecule has 0 aliphatic carbocycles. The van der Waals surface area contributed by atoms with Crippen LogP contribution in [0.2, 0.25) is 0 Å². The second kappa shape index (κ2) is 9.33. The van der Waals surface area contributed by atoms with Gasteiger partial charge in [0.15, 0.2) is 0 Å². The van der Waals surface area contributed by atoms with Crippen LogP contribution >= 0.6 is 0 Å². The summed E-state index contributed by atoms with van der Waals surface area (Å²) in [5.74, 6) is 0.673. The average molecular weight is 296 g/mol. The predicted molar refractivity (Wildman–Crippen MR) is 80.2 cm³/mol. The molecule has 1 rings (SSSR count). The van der Waals surface area contributed by atoms with Crippen LogP contribution in [0.1, 0.15) is 5.56 Å². The van der Waals surface area contributed by atoms with Gasteiger partial charge < -0.3 is 19.9 Å². The minimum absolute atomic E-state index is 0.0927. The molecule has 0 bridgehead atoms. The Bertz CT molecular complexity index is 439. The summed E-state index contributed by atoms with van der Waals surface area (Å²) in [4.78, 5) is 13.6. The molecule has 21 heavy (non-hydrogen) atoms. The van der Waals surface area contributed by atoms with Crippen molar-refractivity contribution >= 4 is 5.91 Å². The van der Waals surface area contributed by atoms with Gasteiger partial charge in [-0.25, -0.2) is 0 Å². The molecular formula is C15H24N2O4. The second-order valence-electron chi connectivity index (χ2n) is 4.93. The molecule has 118 valence electrons. The van der Waals surface area contributed by atoms with Gasteiger partial charge in [0.25, 0.3) is 0 Å². The monoisotopic (exact) mass is 296 g/mol. The molecule has 0 aromatic heterocycles. The molecule has 0 aliphatic heterocycles. The van der Waals surface area contributed by atoms with Crippen molar-refractivity contribution in [3.63, 3.8) is 0 Å². The van der Waals surface area contributed by atoms with E-state index in [2.05, 4.69) is 5.32 Å². The fourth-order valence-corrected chi connectivity index (χ4v) is 1.95. The maximum absolute atomic E-state index is 11.8. The van der Waals surface area contributed by atoms with Crippen molar-refractivity contribution in [2.45, 2.75) is 12.6 Å². The summed E-state index contributed by atoms with van der Waals surface area (Å²) >= 11 is 0. The van der Waals surface area contributed by atoms with Crippen LogP contribution in [0, 0.1) is 0 Å². The van der Waals surface area contributed by atoms with E-state index in [1.165, 1.54) is 7.11 Å². The second-order valence-corrected chi connectivity index (χ2v) is 4.93. The Balaban J connectivity index is 2.33. The average Bonchev–Trinajstić information content (AvgIpc) is 2.45. The Kier molecular flexibility index (Phi) is 7.74. The third-order valence-electron chi connectivity index (χ3n) is 2.92. The predicted octanol–water partition coefficient (Wildman–Crippen LogP) is 0.251. The summed E-state index contributed by atoms with van der Waals surface area (Å²) in [6.07, 6.45) is -0.591. The summed E-state index contributed by atoms with van der Waals surface area (Å²) in [6.45, 7) is 1.32. The fraction of sp³-hybridized carbons (Fsp3) is 0.533. The molecule has 0 saturated carbocycles. The van der Waals surface area contributed by atoms with Gasteiger partial charge in [0.2, 0.25) is 5.91 Å².